The minimum atomic E-state index is -1.19. The predicted octanol–water partition coefficient (Wildman–Crippen LogP) is 1.53. The van der Waals surface area contributed by atoms with Crippen molar-refractivity contribution in [3.05, 3.63) is 24.3 Å². The molecule has 5 atom stereocenters. The quantitative estimate of drug-likeness (QED) is 0.280. The van der Waals surface area contributed by atoms with E-state index in [1.54, 1.807) is 18.2 Å². The van der Waals surface area contributed by atoms with Gasteiger partial charge in [0.2, 0.25) is 0 Å². The van der Waals surface area contributed by atoms with Gasteiger partial charge in [-0.05, 0) is 45.3 Å². The van der Waals surface area contributed by atoms with Gasteiger partial charge >= 0.3 is 25.0 Å². The van der Waals surface area contributed by atoms with E-state index in [9.17, 15) is 14.4 Å². The van der Waals surface area contributed by atoms with Crippen LogP contribution in [0, 0.1) is 0 Å². The van der Waals surface area contributed by atoms with E-state index in [4.69, 9.17) is 37.7 Å². The molecule has 0 saturated carbocycles. The normalized spacial score (nSPS) is 28.3. The summed E-state index contributed by atoms with van der Waals surface area (Å²) in [4.78, 5) is 35.5. The van der Waals surface area contributed by atoms with Crippen LogP contribution in [0.5, 0.6) is 5.75 Å². The first kappa shape index (κ1) is 28.9. The molecule has 2 aliphatic rings. The molecule has 3 rings (SSSR count). The summed E-state index contributed by atoms with van der Waals surface area (Å²) in [7, 11) is 0.772. The van der Waals surface area contributed by atoms with Crippen molar-refractivity contribution in [3.63, 3.8) is 0 Å². The first-order chi connectivity index (χ1) is 17.2. The summed E-state index contributed by atoms with van der Waals surface area (Å²) in [5, 5.41) is 0. The number of esters is 3. The van der Waals surface area contributed by atoms with Crippen LogP contribution in [0.2, 0.25) is 0 Å². The Balaban J connectivity index is 1.81. The highest BCUT2D eigenvalue weighted by Crippen LogP contribution is 2.36. The summed E-state index contributed by atoms with van der Waals surface area (Å²) in [5.74, 6) is -1.47. The molecule has 1 aromatic carbocycles. The van der Waals surface area contributed by atoms with Crippen molar-refractivity contribution in [3.8, 4) is 5.75 Å². The zero-order valence-electron chi connectivity index (χ0n) is 22.5. The zero-order valence-corrected chi connectivity index (χ0v) is 22.5. The lowest BCUT2D eigenvalue weighted by atomic mass is 9.79. The van der Waals surface area contributed by atoms with Crippen LogP contribution >= 0.6 is 0 Å². The molecule has 204 valence electrons. The molecule has 2 heterocycles. The summed E-state index contributed by atoms with van der Waals surface area (Å²) in [6, 6.07) is 7.20. The monoisotopic (exact) mass is 522 g/mol. The minimum absolute atomic E-state index is 0.102. The predicted molar refractivity (Wildman–Crippen MR) is 130 cm³/mol. The summed E-state index contributed by atoms with van der Waals surface area (Å²) in [6.45, 7) is 11.4. The van der Waals surface area contributed by atoms with Crippen molar-refractivity contribution >= 4 is 30.5 Å². The average Bonchev–Trinajstić information content (AvgIpc) is 3.01. The van der Waals surface area contributed by atoms with Crippen molar-refractivity contribution in [1.82, 2.24) is 0 Å². The molecule has 0 radical (unpaired) electrons. The van der Waals surface area contributed by atoms with Crippen molar-refractivity contribution in [2.75, 3.05) is 13.7 Å². The molecule has 2 fully saturated rings. The van der Waals surface area contributed by atoms with E-state index in [1.165, 1.54) is 27.9 Å². The minimum Gasteiger partial charge on any atom is -0.491 e. The van der Waals surface area contributed by atoms with Gasteiger partial charge in [-0.3, -0.25) is 14.4 Å². The Hall–Kier alpha value is -2.67. The van der Waals surface area contributed by atoms with Crippen LogP contribution in [0.25, 0.3) is 0 Å². The number of benzene rings is 1. The Morgan fingerprint density at radius 2 is 1.41 bits per heavy atom. The maximum Gasteiger partial charge on any atom is 0.494 e. The SMILES string of the molecule is COC1O[C@H](COc2cccc(B3OC(C)(C)C(C)(C)O3)c2)C(OC(C)=O)C(OC(C)=O)C1OC(C)=O. The molecule has 0 spiro atoms. The molecule has 37 heavy (non-hydrogen) atoms. The van der Waals surface area contributed by atoms with Gasteiger partial charge in [0.05, 0.1) is 11.2 Å². The molecule has 12 heteroatoms. The zero-order chi connectivity index (χ0) is 27.5. The van der Waals surface area contributed by atoms with Crippen molar-refractivity contribution in [2.45, 2.75) is 90.4 Å². The van der Waals surface area contributed by atoms with E-state index in [0.717, 1.165) is 5.46 Å². The van der Waals surface area contributed by atoms with E-state index in [0.29, 0.717) is 5.75 Å². The highest BCUT2D eigenvalue weighted by atomic mass is 16.7. The fraction of sp³-hybridized carbons (Fsp3) is 0.640. The number of hydrogen-bond donors (Lipinski definition) is 0. The molecule has 11 nitrogen and oxygen atoms in total. The fourth-order valence-corrected chi connectivity index (χ4v) is 4.09. The average molecular weight is 522 g/mol. The number of methoxy groups -OCH3 is 1. The molecule has 0 N–H and O–H groups in total. The molecule has 1 aromatic rings. The molecule has 0 bridgehead atoms. The summed E-state index contributed by atoms with van der Waals surface area (Å²) >= 11 is 0. The number of hydrogen-bond acceptors (Lipinski definition) is 11. The Labute approximate surface area is 217 Å². The standard InChI is InChI=1S/C25H35BO11/c1-14(27)32-20-19(35-23(30-8)22(34-16(3)29)21(20)33-15(2)28)13-31-18-11-9-10-17(12-18)26-36-24(4,5)25(6,7)37-26/h9-12,19-23H,13H2,1-8H3/t19-,20?,21?,22?,23?/m1/s1. The number of carbonyl (C=O) groups excluding carboxylic acids is 3. The highest BCUT2D eigenvalue weighted by molar-refractivity contribution is 6.62. The molecular formula is C25H35BO11. The summed E-state index contributed by atoms with van der Waals surface area (Å²) in [5.41, 5.74) is -0.234. The van der Waals surface area contributed by atoms with E-state index in [-0.39, 0.29) is 6.61 Å². The lowest BCUT2D eigenvalue weighted by Crippen LogP contribution is -2.62. The molecule has 0 amide bonds. The lowest BCUT2D eigenvalue weighted by molar-refractivity contribution is -0.301. The summed E-state index contributed by atoms with van der Waals surface area (Å²) in [6.07, 6.45) is -5.52. The maximum atomic E-state index is 11.9. The topological polar surface area (TPSA) is 125 Å². The number of ether oxygens (including phenoxy) is 6. The largest absolute Gasteiger partial charge is 0.494 e. The molecule has 0 aliphatic carbocycles. The number of rotatable bonds is 8. The van der Waals surface area contributed by atoms with E-state index in [1.807, 2.05) is 33.8 Å². The maximum absolute atomic E-state index is 11.9. The molecule has 4 unspecified atom stereocenters. The van der Waals surface area contributed by atoms with Gasteiger partial charge in [-0.15, -0.1) is 0 Å². The van der Waals surface area contributed by atoms with E-state index < -0.39 is 66.9 Å². The van der Waals surface area contributed by atoms with E-state index >= 15 is 0 Å². The van der Waals surface area contributed by atoms with Crippen molar-refractivity contribution in [2.24, 2.45) is 0 Å². The fourth-order valence-electron chi connectivity index (χ4n) is 4.09. The Morgan fingerprint density at radius 3 is 1.95 bits per heavy atom. The second-order valence-corrected chi connectivity index (χ2v) is 9.97. The third kappa shape index (κ3) is 6.81. The van der Waals surface area contributed by atoms with Crippen LogP contribution in [-0.4, -0.2) is 80.7 Å². The van der Waals surface area contributed by atoms with Crippen LogP contribution in [-0.2, 0) is 47.4 Å². The molecule has 2 saturated heterocycles. The van der Waals surface area contributed by atoms with Crippen LogP contribution < -0.4 is 10.2 Å². The third-order valence-electron chi connectivity index (χ3n) is 6.53. The van der Waals surface area contributed by atoms with Crippen molar-refractivity contribution < 1.29 is 52.1 Å². The van der Waals surface area contributed by atoms with Crippen LogP contribution in [0.3, 0.4) is 0 Å². The van der Waals surface area contributed by atoms with Crippen LogP contribution in [0.4, 0.5) is 0 Å². The molecule has 2 aliphatic heterocycles. The highest BCUT2D eigenvalue weighted by Gasteiger charge is 2.53. The van der Waals surface area contributed by atoms with Gasteiger partial charge in [0.15, 0.2) is 24.6 Å². The van der Waals surface area contributed by atoms with Gasteiger partial charge in [-0.25, -0.2) is 0 Å². The number of carbonyl (C=O) groups is 3. The molecule has 0 aromatic heterocycles. The lowest BCUT2D eigenvalue weighted by Gasteiger charge is -2.43. The Kier molecular flexibility index (Phi) is 8.89. The van der Waals surface area contributed by atoms with Crippen LogP contribution in [0.15, 0.2) is 24.3 Å². The smallest absolute Gasteiger partial charge is 0.491 e. The second-order valence-electron chi connectivity index (χ2n) is 9.97. The van der Waals surface area contributed by atoms with Gasteiger partial charge in [0.1, 0.15) is 18.5 Å². The van der Waals surface area contributed by atoms with Gasteiger partial charge in [-0.2, -0.15) is 0 Å². The van der Waals surface area contributed by atoms with Gasteiger partial charge < -0.3 is 37.7 Å². The Morgan fingerprint density at radius 1 is 0.865 bits per heavy atom. The van der Waals surface area contributed by atoms with E-state index in [2.05, 4.69) is 0 Å². The van der Waals surface area contributed by atoms with Gasteiger partial charge in [0, 0.05) is 27.9 Å². The summed E-state index contributed by atoms with van der Waals surface area (Å²) < 4.78 is 45.7. The van der Waals surface area contributed by atoms with Crippen LogP contribution in [0.1, 0.15) is 48.5 Å². The first-order valence-corrected chi connectivity index (χ1v) is 12.0. The third-order valence-corrected chi connectivity index (χ3v) is 6.53. The van der Waals surface area contributed by atoms with Gasteiger partial charge in [-0.1, -0.05) is 12.1 Å². The van der Waals surface area contributed by atoms with Gasteiger partial charge in [0.25, 0.3) is 0 Å². The Bertz CT molecular complexity index is 979. The molecular weight excluding hydrogens is 487 g/mol. The first-order valence-electron chi connectivity index (χ1n) is 12.0. The van der Waals surface area contributed by atoms with Crippen molar-refractivity contribution in [1.29, 1.82) is 0 Å². The second kappa shape index (κ2) is 11.4.